The summed E-state index contributed by atoms with van der Waals surface area (Å²) >= 11 is 3.23. The lowest BCUT2D eigenvalue weighted by molar-refractivity contribution is 0.322. The van der Waals surface area contributed by atoms with Crippen molar-refractivity contribution in [3.63, 3.8) is 0 Å². The van der Waals surface area contributed by atoms with Crippen molar-refractivity contribution in [3.8, 4) is 0 Å². The van der Waals surface area contributed by atoms with Gasteiger partial charge in [0.1, 0.15) is 0 Å². The van der Waals surface area contributed by atoms with Crippen molar-refractivity contribution in [2.24, 2.45) is 5.16 Å². The molecule has 1 N–H and O–H groups in total. The Morgan fingerprint density at radius 1 is 1.60 bits per heavy atom. The summed E-state index contributed by atoms with van der Waals surface area (Å²) in [6.07, 6.45) is 4.58. The maximum absolute atomic E-state index is 8.14. The molecule has 0 fully saturated rings. The minimum absolute atomic E-state index is 0.761. The van der Waals surface area contributed by atoms with Crippen molar-refractivity contribution in [2.75, 3.05) is 0 Å². The van der Waals surface area contributed by atoms with Crippen LogP contribution in [0.3, 0.4) is 0 Å². The van der Waals surface area contributed by atoms with Crippen LogP contribution >= 0.6 is 15.9 Å². The quantitative estimate of drug-likeness (QED) is 0.426. The van der Waals surface area contributed by atoms with E-state index < -0.39 is 0 Å². The molecule has 1 aromatic rings. The molecule has 52 valence electrons. The van der Waals surface area contributed by atoms with Crippen LogP contribution in [0.4, 0.5) is 0 Å². The van der Waals surface area contributed by atoms with Gasteiger partial charge in [0, 0.05) is 22.4 Å². The monoisotopic (exact) mass is 200 g/mol. The molecule has 0 bridgehead atoms. The first kappa shape index (κ1) is 7.21. The number of hydrogen-bond acceptors (Lipinski definition) is 3. The van der Waals surface area contributed by atoms with Crippen LogP contribution in [0.25, 0.3) is 0 Å². The molecule has 0 aliphatic rings. The van der Waals surface area contributed by atoms with Gasteiger partial charge in [0.05, 0.1) is 6.21 Å². The van der Waals surface area contributed by atoms with E-state index in [-0.39, 0.29) is 0 Å². The first-order valence-electron chi connectivity index (χ1n) is 2.61. The van der Waals surface area contributed by atoms with E-state index in [1.165, 1.54) is 6.21 Å². The highest BCUT2D eigenvalue weighted by Crippen LogP contribution is 2.07. The Balaban J connectivity index is 2.95. The van der Waals surface area contributed by atoms with Crippen LogP contribution in [-0.4, -0.2) is 16.4 Å². The number of aromatic nitrogens is 1. The van der Waals surface area contributed by atoms with Crippen molar-refractivity contribution < 1.29 is 5.21 Å². The van der Waals surface area contributed by atoms with Gasteiger partial charge < -0.3 is 5.21 Å². The Kier molecular flexibility index (Phi) is 2.39. The summed E-state index contributed by atoms with van der Waals surface area (Å²) in [6.45, 7) is 0. The normalized spacial score (nSPS) is 10.5. The number of nitrogens with zero attached hydrogens (tertiary/aromatic N) is 2. The Morgan fingerprint density at radius 3 is 3.00 bits per heavy atom. The van der Waals surface area contributed by atoms with Gasteiger partial charge in [-0.1, -0.05) is 5.16 Å². The highest BCUT2D eigenvalue weighted by atomic mass is 79.9. The van der Waals surface area contributed by atoms with Crippen molar-refractivity contribution in [1.29, 1.82) is 0 Å². The molecule has 0 saturated heterocycles. The molecule has 0 aliphatic carbocycles. The summed E-state index contributed by atoms with van der Waals surface area (Å²) < 4.78 is 0.866. The molecule has 0 saturated carbocycles. The second-order valence-electron chi connectivity index (χ2n) is 1.68. The Hall–Kier alpha value is -0.900. The fraction of sp³-hybridized carbons (Fsp3) is 0. The molecular formula is C6H5BrN2O. The Bertz CT molecular complexity index is 249. The molecule has 0 aromatic carbocycles. The molecule has 0 spiro atoms. The predicted octanol–water partition coefficient (Wildman–Crippen LogP) is 1.65. The highest BCUT2D eigenvalue weighted by Gasteiger charge is 1.88. The van der Waals surface area contributed by atoms with Gasteiger partial charge in [-0.3, -0.25) is 4.98 Å². The van der Waals surface area contributed by atoms with Crippen LogP contribution < -0.4 is 0 Å². The maximum atomic E-state index is 8.14. The molecule has 1 rings (SSSR count). The van der Waals surface area contributed by atoms with Gasteiger partial charge in [0.25, 0.3) is 0 Å². The summed E-state index contributed by atoms with van der Waals surface area (Å²) in [7, 11) is 0. The minimum Gasteiger partial charge on any atom is -0.411 e. The third kappa shape index (κ3) is 1.80. The molecule has 0 radical (unpaired) electrons. The average Bonchev–Trinajstić information content (AvgIpc) is 1.88. The van der Waals surface area contributed by atoms with E-state index in [1.807, 2.05) is 0 Å². The van der Waals surface area contributed by atoms with Gasteiger partial charge in [-0.25, -0.2) is 0 Å². The molecule has 3 nitrogen and oxygen atoms in total. The van der Waals surface area contributed by atoms with Crippen LogP contribution in [0.5, 0.6) is 0 Å². The number of hydrogen-bond donors (Lipinski definition) is 1. The van der Waals surface area contributed by atoms with Crippen LogP contribution in [-0.2, 0) is 0 Å². The second-order valence-corrected chi connectivity index (χ2v) is 2.60. The van der Waals surface area contributed by atoms with Crippen LogP contribution in [0.1, 0.15) is 5.56 Å². The van der Waals surface area contributed by atoms with Gasteiger partial charge in [0.2, 0.25) is 0 Å². The Morgan fingerprint density at radius 2 is 2.40 bits per heavy atom. The molecule has 10 heavy (non-hydrogen) atoms. The summed E-state index contributed by atoms with van der Waals surface area (Å²) in [5.41, 5.74) is 0.761. The first-order valence-corrected chi connectivity index (χ1v) is 3.40. The van der Waals surface area contributed by atoms with Crippen molar-refractivity contribution in [1.82, 2.24) is 4.98 Å². The van der Waals surface area contributed by atoms with E-state index >= 15 is 0 Å². The molecule has 1 aromatic heterocycles. The predicted molar refractivity (Wildman–Crippen MR) is 41.3 cm³/mol. The SMILES string of the molecule is O/N=C/c1cncc(Br)c1. The van der Waals surface area contributed by atoms with Crippen molar-refractivity contribution >= 4 is 22.1 Å². The fourth-order valence-electron chi connectivity index (χ4n) is 0.566. The third-order valence-electron chi connectivity index (χ3n) is 0.933. The molecule has 0 unspecified atom stereocenters. The summed E-state index contributed by atoms with van der Waals surface area (Å²) in [5, 5.41) is 11.0. The zero-order valence-corrected chi connectivity index (χ0v) is 6.62. The fourth-order valence-corrected chi connectivity index (χ4v) is 0.948. The largest absolute Gasteiger partial charge is 0.411 e. The molecule has 0 atom stereocenters. The summed E-state index contributed by atoms with van der Waals surface area (Å²) in [5.74, 6) is 0. The van der Waals surface area contributed by atoms with E-state index in [2.05, 4.69) is 26.1 Å². The van der Waals surface area contributed by atoms with E-state index in [9.17, 15) is 0 Å². The summed E-state index contributed by atoms with van der Waals surface area (Å²) in [6, 6.07) is 1.80. The minimum atomic E-state index is 0.761. The van der Waals surface area contributed by atoms with E-state index in [1.54, 1.807) is 18.5 Å². The zero-order chi connectivity index (χ0) is 7.40. The van der Waals surface area contributed by atoms with Crippen molar-refractivity contribution in [3.05, 3.63) is 28.5 Å². The van der Waals surface area contributed by atoms with Gasteiger partial charge in [0.15, 0.2) is 0 Å². The lowest BCUT2D eigenvalue weighted by Gasteiger charge is -1.89. The molecule has 0 amide bonds. The first-order chi connectivity index (χ1) is 4.83. The zero-order valence-electron chi connectivity index (χ0n) is 5.03. The highest BCUT2D eigenvalue weighted by molar-refractivity contribution is 9.10. The van der Waals surface area contributed by atoms with Crippen LogP contribution in [0, 0.1) is 0 Å². The topological polar surface area (TPSA) is 45.5 Å². The number of oxime groups is 1. The van der Waals surface area contributed by atoms with Crippen molar-refractivity contribution in [2.45, 2.75) is 0 Å². The van der Waals surface area contributed by atoms with Gasteiger partial charge >= 0.3 is 0 Å². The molecule has 4 heteroatoms. The van der Waals surface area contributed by atoms with Gasteiger partial charge in [-0.15, -0.1) is 0 Å². The molecule has 1 heterocycles. The number of pyridine rings is 1. The number of rotatable bonds is 1. The molecule has 0 aliphatic heterocycles. The van der Waals surface area contributed by atoms with E-state index in [0.29, 0.717) is 0 Å². The lowest BCUT2D eigenvalue weighted by Crippen LogP contribution is -1.81. The van der Waals surface area contributed by atoms with Gasteiger partial charge in [-0.2, -0.15) is 0 Å². The smallest absolute Gasteiger partial charge is 0.0749 e. The van der Waals surface area contributed by atoms with Gasteiger partial charge in [-0.05, 0) is 22.0 Å². The summed E-state index contributed by atoms with van der Waals surface area (Å²) in [4.78, 5) is 3.85. The second kappa shape index (κ2) is 3.31. The third-order valence-corrected chi connectivity index (χ3v) is 1.37. The average molecular weight is 201 g/mol. The molecular weight excluding hydrogens is 196 g/mol. The number of halogens is 1. The van der Waals surface area contributed by atoms with E-state index in [4.69, 9.17) is 5.21 Å². The van der Waals surface area contributed by atoms with E-state index in [0.717, 1.165) is 10.0 Å². The standard InChI is InChI=1S/C6H5BrN2O/c7-6-1-5(3-9-10)2-8-4-6/h1-4,10H/b9-3+. The van der Waals surface area contributed by atoms with Crippen LogP contribution in [0.15, 0.2) is 28.1 Å². The Labute approximate surface area is 66.5 Å². The lowest BCUT2D eigenvalue weighted by atomic mass is 10.3. The maximum Gasteiger partial charge on any atom is 0.0749 e. The van der Waals surface area contributed by atoms with Crippen LogP contribution in [0.2, 0.25) is 0 Å².